The Morgan fingerprint density at radius 2 is 2.20 bits per heavy atom. The van der Waals surface area contributed by atoms with Crippen molar-refractivity contribution in [3.8, 4) is 0 Å². The quantitative estimate of drug-likeness (QED) is 0.813. The standard InChI is InChI=1S/C10H19N3OS/c1-5-14-6-9(7(2)3)12-10-11-8(4)13-15-10/h7,9H,5-6H2,1-4H3,(H,11,12,13). The lowest BCUT2D eigenvalue weighted by Gasteiger charge is -2.21. The summed E-state index contributed by atoms with van der Waals surface area (Å²) in [6.07, 6.45) is 0. The van der Waals surface area contributed by atoms with E-state index in [0.29, 0.717) is 18.6 Å². The second-order valence-electron chi connectivity index (χ2n) is 3.80. The molecule has 15 heavy (non-hydrogen) atoms. The molecule has 0 amide bonds. The Labute approximate surface area is 95.2 Å². The molecule has 1 atom stereocenters. The first-order valence-electron chi connectivity index (χ1n) is 5.28. The highest BCUT2D eigenvalue weighted by Gasteiger charge is 2.14. The minimum absolute atomic E-state index is 0.303. The lowest BCUT2D eigenvalue weighted by molar-refractivity contribution is 0.127. The molecule has 0 saturated carbocycles. The van der Waals surface area contributed by atoms with Gasteiger partial charge in [0.25, 0.3) is 0 Å². The van der Waals surface area contributed by atoms with Crippen LogP contribution in [-0.2, 0) is 4.74 Å². The van der Waals surface area contributed by atoms with Crippen molar-refractivity contribution in [3.63, 3.8) is 0 Å². The highest BCUT2D eigenvalue weighted by atomic mass is 32.1. The van der Waals surface area contributed by atoms with Gasteiger partial charge in [-0.25, -0.2) is 4.98 Å². The molecule has 0 aliphatic carbocycles. The fourth-order valence-corrected chi connectivity index (χ4v) is 1.80. The van der Waals surface area contributed by atoms with Crippen LogP contribution in [0.25, 0.3) is 0 Å². The first-order valence-corrected chi connectivity index (χ1v) is 6.05. The molecule has 4 nitrogen and oxygen atoms in total. The molecule has 0 spiro atoms. The summed E-state index contributed by atoms with van der Waals surface area (Å²) in [6.45, 7) is 9.71. The first kappa shape index (κ1) is 12.4. The van der Waals surface area contributed by atoms with Crippen molar-refractivity contribution in [3.05, 3.63) is 5.82 Å². The minimum atomic E-state index is 0.303. The van der Waals surface area contributed by atoms with Crippen molar-refractivity contribution < 1.29 is 4.74 Å². The van der Waals surface area contributed by atoms with E-state index in [9.17, 15) is 0 Å². The molecule has 86 valence electrons. The Balaban J connectivity index is 2.50. The normalized spacial score (nSPS) is 13.1. The van der Waals surface area contributed by atoms with Crippen LogP contribution in [0.15, 0.2) is 0 Å². The fourth-order valence-electron chi connectivity index (χ4n) is 1.16. The third-order valence-electron chi connectivity index (χ3n) is 2.14. The topological polar surface area (TPSA) is 47.0 Å². The Morgan fingerprint density at radius 1 is 1.47 bits per heavy atom. The molecule has 0 bridgehead atoms. The molecule has 0 aliphatic heterocycles. The van der Waals surface area contributed by atoms with Gasteiger partial charge in [-0.1, -0.05) is 13.8 Å². The Bertz CT molecular complexity index is 288. The molecule has 1 N–H and O–H groups in total. The fraction of sp³-hybridized carbons (Fsp3) is 0.800. The summed E-state index contributed by atoms with van der Waals surface area (Å²) in [4.78, 5) is 4.28. The summed E-state index contributed by atoms with van der Waals surface area (Å²) in [5.41, 5.74) is 0. The van der Waals surface area contributed by atoms with Gasteiger partial charge >= 0.3 is 0 Å². The summed E-state index contributed by atoms with van der Waals surface area (Å²) in [5.74, 6) is 1.34. The van der Waals surface area contributed by atoms with E-state index in [-0.39, 0.29) is 0 Å². The van der Waals surface area contributed by atoms with E-state index >= 15 is 0 Å². The molecule has 0 aliphatic rings. The van der Waals surface area contributed by atoms with E-state index < -0.39 is 0 Å². The molecule has 0 fully saturated rings. The van der Waals surface area contributed by atoms with Gasteiger partial charge in [-0.3, -0.25) is 0 Å². The molecule has 1 aromatic heterocycles. The molecular weight excluding hydrogens is 210 g/mol. The monoisotopic (exact) mass is 229 g/mol. The predicted octanol–water partition coefficient (Wildman–Crippen LogP) is 2.32. The number of nitrogens with one attached hydrogen (secondary N) is 1. The van der Waals surface area contributed by atoms with Gasteiger partial charge in [-0.15, -0.1) is 0 Å². The van der Waals surface area contributed by atoms with Gasteiger partial charge in [0.05, 0.1) is 12.6 Å². The summed E-state index contributed by atoms with van der Waals surface area (Å²) in [5, 5.41) is 4.23. The van der Waals surface area contributed by atoms with Crippen LogP contribution < -0.4 is 5.32 Å². The first-order chi connectivity index (χ1) is 7.13. The predicted molar refractivity (Wildman–Crippen MR) is 63.4 cm³/mol. The summed E-state index contributed by atoms with van der Waals surface area (Å²) in [6, 6.07) is 0.303. The molecule has 1 heterocycles. The third-order valence-corrected chi connectivity index (χ3v) is 2.88. The molecule has 1 rings (SSSR count). The number of aromatic nitrogens is 2. The van der Waals surface area contributed by atoms with Gasteiger partial charge in [0.2, 0.25) is 5.13 Å². The highest BCUT2D eigenvalue weighted by Crippen LogP contribution is 2.15. The van der Waals surface area contributed by atoms with E-state index in [1.54, 1.807) is 0 Å². The number of aryl methyl sites for hydroxylation is 1. The molecule has 0 aromatic carbocycles. The van der Waals surface area contributed by atoms with E-state index in [1.165, 1.54) is 11.5 Å². The van der Waals surface area contributed by atoms with E-state index in [1.807, 2.05) is 13.8 Å². The van der Waals surface area contributed by atoms with Crippen molar-refractivity contribution in [1.82, 2.24) is 9.36 Å². The Hall–Kier alpha value is -0.680. The van der Waals surface area contributed by atoms with Crippen LogP contribution in [0.4, 0.5) is 5.13 Å². The molecule has 1 aromatic rings. The van der Waals surface area contributed by atoms with Gasteiger partial charge in [0, 0.05) is 18.1 Å². The Kier molecular flexibility index (Phi) is 4.98. The summed E-state index contributed by atoms with van der Waals surface area (Å²) in [7, 11) is 0. The smallest absolute Gasteiger partial charge is 0.202 e. The Morgan fingerprint density at radius 3 is 2.67 bits per heavy atom. The maximum absolute atomic E-state index is 5.43. The van der Waals surface area contributed by atoms with E-state index in [2.05, 4.69) is 28.5 Å². The van der Waals surface area contributed by atoms with Crippen LogP contribution >= 0.6 is 11.5 Å². The van der Waals surface area contributed by atoms with Crippen LogP contribution in [0.1, 0.15) is 26.6 Å². The van der Waals surface area contributed by atoms with Crippen LogP contribution in [0, 0.1) is 12.8 Å². The van der Waals surface area contributed by atoms with Crippen molar-refractivity contribution in [2.45, 2.75) is 33.7 Å². The number of rotatable bonds is 6. The van der Waals surface area contributed by atoms with E-state index in [4.69, 9.17) is 4.74 Å². The van der Waals surface area contributed by atoms with Crippen LogP contribution in [-0.4, -0.2) is 28.6 Å². The zero-order valence-electron chi connectivity index (χ0n) is 9.78. The maximum Gasteiger partial charge on any atom is 0.202 e. The van der Waals surface area contributed by atoms with Gasteiger partial charge in [-0.2, -0.15) is 4.37 Å². The zero-order chi connectivity index (χ0) is 11.3. The lowest BCUT2D eigenvalue weighted by Crippen LogP contribution is -2.30. The summed E-state index contributed by atoms with van der Waals surface area (Å²) < 4.78 is 9.57. The molecule has 0 radical (unpaired) electrons. The van der Waals surface area contributed by atoms with Crippen LogP contribution in [0.2, 0.25) is 0 Å². The molecule has 5 heteroatoms. The molecular formula is C10H19N3OS. The SMILES string of the molecule is CCOCC(Nc1nc(C)ns1)C(C)C. The second-order valence-corrected chi connectivity index (χ2v) is 4.55. The minimum Gasteiger partial charge on any atom is -0.380 e. The molecule has 0 saturated heterocycles. The average Bonchev–Trinajstić information content (AvgIpc) is 2.58. The van der Waals surface area contributed by atoms with Gasteiger partial charge < -0.3 is 10.1 Å². The number of hydrogen-bond acceptors (Lipinski definition) is 5. The number of ether oxygens (including phenoxy) is 1. The second kappa shape index (κ2) is 6.02. The van der Waals surface area contributed by atoms with E-state index in [0.717, 1.165) is 17.6 Å². The zero-order valence-corrected chi connectivity index (χ0v) is 10.6. The van der Waals surface area contributed by atoms with Gasteiger partial charge in [-0.05, 0) is 19.8 Å². The maximum atomic E-state index is 5.43. The largest absolute Gasteiger partial charge is 0.380 e. The van der Waals surface area contributed by atoms with Gasteiger partial charge in [0.1, 0.15) is 5.82 Å². The average molecular weight is 229 g/mol. The number of hydrogen-bond donors (Lipinski definition) is 1. The van der Waals surface area contributed by atoms with Crippen molar-refractivity contribution in [1.29, 1.82) is 0 Å². The summed E-state index contributed by atoms with van der Waals surface area (Å²) >= 11 is 1.40. The van der Waals surface area contributed by atoms with Crippen LogP contribution in [0.5, 0.6) is 0 Å². The van der Waals surface area contributed by atoms with Gasteiger partial charge in [0.15, 0.2) is 0 Å². The number of anilines is 1. The van der Waals surface area contributed by atoms with Crippen LogP contribution in [0.3, 0.4) is 0 Å². The van der Waals surface area contributed by atoms with Crippen molar-refractivity contribution in [2.75, 3.05) is 18.5 Å². The molecule has 1 unspecified atom stereocenters. The highest BCUT2D eigenvalue weighted by molar-refractivity contribution is 7.09. The number of nitrogens with zero attached hydrogens (tertiary/aromatic N) is 2. The van der Waals surface area contributed by atoms with Crippen molar-refractivity contribution >= 4 is 16.7 Å². The third kappa shape index (κ3) is 4.13. The lowest BCUT2D eigenvalue weighted by atomic mass is 10.1. The van der Waals surface area contributed by atoms with Crippen molar-refractivity contribution in [2.24, 2.45) is 5.92 Å².